The third-order valence-corrected chi connectivity index (χ3v) is 4.85. The average Bonchev–Trinajstić information content (AvgIpc) is 3.32. The minimum atomic E-state index is -0.362. The monoisotopic (exact) mass is 411 g/mol. The Hall–Kier alpha value is -3.23. The Bertz CT molecular complexity index is 1210. The highest BCUT2D eigenvalue weighted by molar-refractivity contribution is 7.07. The van der Waals surface area contributed by atoms with E-state index in [4.69, 9.17) is 11.6 Å². The molecule has 140 valence electrons. The van der Waals surface area contributed by atoms with Crippen molar-refractivity contribution in [3.8, 4) is 17.2 Å². The van der Waals surface area contributed by atoms with Crippen LogP contribution in [0.25, 0.3) is 17.2 Å². The van der Waals surface area contributed by atoms with Gasteiger partial charge in [-0.25, -0.2) is 9.97 Å². The number of aromatic nitrogens is 4. The van der Waals surface area contributed by atoms with Crippen LogP contribution < -0.4 is 10.9 Å². The molecule has 9 heteroatoms. The zero-order valence-corrected chi connectivity index (χ0v) is 16.2. The maximum absolute atomic E-state index is 12.6. The van der Waals surface area contributed by atoms with Crippen LogP contribution in [-0.4, -0.2) is 25.0 Å². The summed E-state index contributed by atoms with van der Waals surface area (Å²) >= 11 is 7.38. The van der Waals surface area contributed by atoms with Gasteiger partial charge in [-0.1, -0.05) is 23.7 Å². The minimum Gasteiger partial charge on any atom is -0.320 e. The molecule has 0 aliphatic carbocycles. The first-order valence-corrected chi connectivity index (χ1v) is 9.55. The fourth-order valence-electron chi connectivity index (χ4n) is 2.71. The topological polar surface area (TPSA) is 81.8 Å². The smallest absolute Gasteiger partial charge is 0.275 e. The molecule has 0 bridgehead atoms. The van der Waals surface area contributed by atoms with Crippen LogP contribution in [0.4, 0.5) is 5.69 Å². The molecule has 0 saturated heterocycles. The van der Waals surface area contributed by atoms with E-state index in [2.05, 4.69) is 15.3 Å². The highest BCUT2D eigenvalue weighted by Gasteiger charge is 2.13. The van der Waals surface area contributed by atoms with Crippen molar-refractivity contribution >= 4 is 34.5 Å². The highest BCUT2D eigenvalue weighted by Crippen LogP contribution is 2.22. The number of amides is 1. The summed E-state index contributed by atoms with van der Waals surface area (Å²) in [4.78, 5) is 33.2. The summed E-state index contributed by atoms with van der Waals surface area (Å²) in [5, 5.41) is 4.92. The van der Waals surface area contributed by atoms with Crippen LogP contribution in [0, 0.1) is 0 Å². The summed E-state index contributed by atoms with van der Waals surface area (Å²) in [5.41, 5.74) is 3.52. The SMILES string of the molecule is Cn1cc(-c2cccc(Cl)c2)nc1-n1ccc(NC(=O)c2cscn2)cc1=O. The standard InChI is InChI=1S/C19H14ClN5O2S/c1-24-9-15(12-3-2-4-13(20)7-12)23-19(24)25-6-5-14(8-17(25)26)22-18(27)16-10-28-11-21-16/h2-11H,1H3,(H,22,27). The number of nitrogens with one attached hydrogen (secondary N) is 1. The van der Waals surface area contributed by atoms with E-state index in [0.29, 0.717) is 28.0 Å². The lowest BCUT2D eigenvalue weighted by Crippen LogP contribution is -2.21. The molecule has 3 heterocycles. The first kappa shape index (κ1) is 18.1. The summed E-state index contributed by atoms with van der Waals surface area (Å²) in [6.07, 6.45) is 3.40. The van der Waals surface area contributed by atoms with Crippen LogP contribution in [0.15, 0.2) is 64.5 Å². The predicted molar refractivity (Wildman–Crippen MR) is 109 cm³/mol. The summed E-state index contributed by atoms with van der Waals surface area (Å²) in [6.45, 7) is 0. The number of pyridine rings is 1. The predicted octanol–water partition coefficient (Wildman–Crippen LogP) is 3.60. The van der Waals surface area contributed by atoms with E-state index in [1.165, 1.54) is 22.0 Å². The van der Waals surface area contributed by atoms with Crippen LogP contribution in [0.1, 0.15) is 10.5 Å². The zero-order valence-electron chi connectivity index (χ0n) is 14.7. The van der Waals surface area contributed by atoms with Gasteiger partial charge in [-0.3, -0.25) is 14.2 Å². The molecule has 3 aromatic heterocycles. The van der Waals surface area contributed by atoms with Gasteiger partial charge in [0.1, 0.15) is 5.69 Å². The molecule has 1 N–H and O–H groups in total. The Morgan fingerprint density at radius 1 is 1.25 bits per heavy atom. The molecule has 1 aromatic carbocycles. The Balaban J connectivity index is 1.63. The van der Waals surface area contributed by atoms with Gasteiger partial charge in [0.2, 0.25) is 5.95 Å². The molecule has 0 atom stereocenters. The van der Waals surface area contributed by atoms with Gasteiger partial charge < -0.3 is 9.88 Å². The van der Waals surface area contributed by atoms with Crippen LogP contribution >= 0.6 is 22.9 Å². The number of carbonyl (C=O) groups is 1. The molecular formula is C19H14ClN5O2S. The Labute approximate surface area is 168 Å². The van der Waals surface area contributed by atoms with E-state index in [1.807, 2.05) is 24.4 Å². The fourth-order valence-corrected chi connectivity index (χ4v) is 3.43. The molecule has 28 heavy (non-hydrogen) atoms. The molecule has 0 fully saturated rings. The van der Waals surface area contributed by atoms with Gasteiger partial charge in [0.15, 0.2) is 0 Å². The molecule has 4 aromatic rings. The second-order valence-corrected chi connectivity index (χ2v) is 7.15. The summed E-state index contributed by atoms with van der Waals surface area (Å²) in [7, 11) is 1.81. The van der Waals surface area contributed by atoms with E-state index < -0.39 is 0 Å². The molecule has 0 unspecified atom stereocenters. The molecule has 0 aliphatic rings. The second kappa shape index (κ2) is 7.41. The normalized spacial score (nSPS) is 10.8. The second-order valence-electron chi connectivity index (χ2n) is 6.00. The van der Waals surface area contributed by atoms with Crippen molar-refractivity contribution in [2.45, 2.75) is 0 Å². The van der Waals surface area contributed by atoms with Gasteiger partial charge in [-0.2, -0.15) is 0 Å². The highest BCUT2D eigenvalue weighted by atomic mass is 35.5. The molecule has 0 aliphatic heterocycles. The lowest BCUT2D eigenvalue weighted by atomic mass is 10.2. The van der Waals surface area contributed by atoms with Crippen molar-refractivity contribution in [2.75, 3.05) is 5.32 Å². The lowest BCUT2D eigenvalue weighted by Gasteiger charge is -2.07. The number of thiazole rings is 1. The van der Waals surface area contributed by atoms with Gasteiger partial charge in [-0.05, 0) is 18.2 Å². The number of nitrogens with zero attached hydrogens (tertiary/aromatic N) is 4. The van der Waals surface area contributed by atoms with Crippen LogP contribution in [0.3, 0.4) is 0 Å². The van der Waals surface area contributed by atoms with E-state index in [9.17, 15) is 9.59 Å². The largest absolute Gasteiger partial charge is 0.320 e. The molecule has 0 saturated carbocycles. The van der Waals surface area contributed by atoms with Crippen molar-refractivity contribution in [1.29, 1.82) is 0 Å². The van der Waals surface area contributed by atoms with E-state index in [-0.39, 0.29) is 11.5 Å². The van der Waals surface area contributed by atoms with Crippen molar-refractivity contribution in [3.63, 3.8) is 0 Å². The van der Waals surface area contributed by atoms with Gasteiger partial charge in [-0.15, -0.1) is 11.3 Å². The fraction of sp³-hybridized carbons (Fsp3) is 0.0526. The summed E-state index contributed by atoms with van der Waals surface area (Å²) < 4.78 is 3.16. The molecule has 0 spiro atoms. The van der Waals surface area contributed by atoms with Crippen molar-refractivity contribution in [2.24, 2.45) is 7.05 Å². The number of imidazole rings is 1. The Morgan fingerprint density at radius 3 is 2.82 bits per heavy atom. The van der Waals surface area contributed by atoms with Crippen LogP contribution in [0.2, 0.25) is 5.02 Å². The Kier molecular flexibility index (Phi) is 4.81. The third kappa shape index (κ3) is 3.60. The van der Waals surface area contributed by atoms with Crippen molar-refractivity contribution in [1.82, 2.24) is 19.1 Å². The van der Waals surface area contributed by atoms with Gasteiger partial charge in [0.25, 0.3) is 11.5 Å². The number of rotatable bonds is 4. The summed E-state index contributed by atoms with van der Waals surface area (Å²) in [5.74, 6) is 0.0935. The Morgan fingerprint density at radius 2 is 2.11 bits per heavy atom. The maximum Gasteiger partial charge on any atom is 0.275 e. The molecule has 7 nitrogen and oxygen atoms in total. The van der Waals surface area contributed by atoms with Crippen molar-refractivity contribution in [3.05, 3.63) is 80.8 Å². The molecule has 0 radical (unpaired) electrons. The van der Waals surface area contributed by atoms with Gasteiger partial charge in [0.05, 0.1) is 11.2 Å². The maximum atomic E-state index is 12.6. The number of hydrogen-bond donors (Lipinski definition) is 1. The van der Waals surface area contributed by atoms with Gasteiger partial charge >= 0.3 is 0 Å². The quantitative estimate of drug-likeness (QED) is 0.556. The van der Waals surface area contributed by atoms with Crippen LogP contribution in [-0.2, 0) is 7.05 Å². The van der Waals surface area contributed by atoms with Crippen molar-refractivity contribution < 1.29 is 4.79 Å². The molecular weight excluding hydrogens is 398 g/mol. The molecule has 1 amide bonds. The molecule has 4 rings (SSSR count). The minimum absolute atomic E-state index is 0.310. The lowest BCUT2D eigenvalue weighted by molar-refractivity contribution is 0.102. The third-order valence-electron chi connectivity index (χ3n) is 4.03. The zero-order chi connectivity index (χ0) is 19.7. The number of carbonyl (C=O) groups excluding carboxylic acids is 1. The van der Waals surface area contributed by atoms with E-state index in [1.54, 1.807) is 40.8 Å². The van der Waals surface area contributed by atoms with Gasteiger partial charge in [0, 0.05) is 47.2 Å². The van der Waals surface area contributed by atoms with E-state index >= 15 is 0 Å². The number of aryl methyl sites for hydroxylation is 1. The first-order valence-electron chi connectivity index (χ1n) is 8.23. The number of anilines is 1. The summed E-state index contributed by atoms with van der Waals surface area (Å²) in [6, 6.07) is 10.3. The average molecular weight is 412 g/mol. The number of benzene rings is 1. The van der Waals surface area contributed by atoms with Crippen LogP contribution in [0.5, 0.6) is 0 Å². The first-order chi connectivity index (χ1) is 13.5. The van der Waals surface area contributed by atoms with E-state index in [0.717, 1.165) is 5.56 Å². The number of halogens is 1. The number of hydrogen-bond acceptors (Lipinski definition) is 5.